The number of hydrogen-bond acceptors (Lipinski definition) is 5. The molecule has 0 bridgehead atoms. The third kappa shape index (κ3) is 5.42. The van der Waals surface area contributed by atoms with Gasteiger partial charge in [-0.2, -0.15) is 0 Å². The standard InChI is InChI=1S/C23H28N4O2S/c1-15(2)18-11-10-16(3)12-20(18)29-13-21-25-26-23(27(21)5)30-14-22(28)24-19-9-7-6-8-17(19)4/h6-12,15H,13-14H2,1-5H3,(H,24,28). The van der Waals surface area contributed by atoms with Crippen molar-refractivity contribution in [2.45, 2.75) is 45.4 Å². The van der Waals surface area contributed by atoms with Gasteiger partial charge in [-0.05, 0) is 48.6 Å². The molecule has 3 rings (SSSR count). The topological polar surface area (TPSA) is 69.0 Å². The van der Waals surface area contributed by atoms with Crippen LogP contribution in [0.15, 0.2) is 47.6 Å². The van der Waals surface area contributed by atoms with Gasteiger partial charge >= 0.3 is 0 Å². The van der Waals surface area contributed by atoms with Gasteiger partial charge in [-0.15, -0.1) is 10.2 Å². The fraction of sp³-hybridized carbons (Fsp3) is 0.348. The van der Waals surface area contributed by atoms with E-state index in [-0.39, 0.29) is 11.7 Å². The lowest BCUT2D eigenvalue weighted by atomic mass is 10.0. The lowest BCUT2D eigenvalue weighted by molar-refractivity contribution is -0.113. The Bertz CT molecular complexity index is 1030. The number of para-hydroxylation sites is 1. The van der Waals surface area contributed by atoms with Gasteiger partial charge in [0, 0.05) is 12.7 Å². The molecule has 0 atom stereocenters. The van der Waals surface area contributed by atoms with Crippen molar-refractivity contribution in [3.63, 3.8) is 0 Å². The van der Waals surface area contributed by atoms with Crippen molar-refractivity contribution in [3.05, 3.63) is 65.0 Å². The Hall–Kier alpha value is -2.80. The number of hydrogen-bond donors (Lipinski definition) is 1. The minimum absolute atomic E-state index is 0.0727. The molecule has 6 nitrogen and oxygen atoms in total. The number of amides is 1. The molecule has 30 heavy (non-hydrogen) atoms. The van der Waals surface area contributed by atoms with E-state index in [1.165, 1.54) is 17.3 Å². The van der Waals surface area contributed by atoms with Crippen LogP contribution < -0.4 is 10.1 Å². The number of carbonyl (C=O) groups excluding carboxylic acids is 1. The molecule has 0 aliphatic carbocycles. The average Bonchev–Trinajstić information content (AvgIpc) is 3.06. The summed E-state index contributed by atoms with van der Waals surface area (Å²) < 4.78 is 7.94. The van der Waals surface area contributed by atoms with Crippen LogP contribution >= 0.6 is 11.8 Å². The molecule has 0 radical (unpaired) electrons. The van der Waals surface area contributed by atoms with Crippen molar-refractivity contribution in [2.75, 3.05) is 11.1 Å². The summed E-state index contributed by atoms with van der Waals surface area (Å²) in [5, 5.41) is 12.1. The molecule has 1 amide bonds. The Kier molecular flexibility index (Phi) is 7.15. The number of nitrogens with one attached hydrogen (secondary N) is 1. The highest BCUT2D eigenvalue weighted by Gasteiger charge is 2.14. The average molecular weight is 425 g/mol. The van der Waals surface area contributed by atoms with Crippen molar-refractivity contribution in [2.24, 2.45) is 7.05 Å². The summed E-state index contributed by atoms with van der Waals surface area (Å²) in [7, 11) is 1.89. The van der Waals surface area contributed by atoms with E-state index >= 15 is 0 Å². The Morgan fingerprint density at radius 3 is 2.67 bits per heavy atom. The van der Waals surface area contributed by atoms with Crippen LogP contribution in [0, 0.1) is 13.8 Å². The van der Waals surface area contributed by atoms with Crippen molar-refractivity contribution in [1.82, 2.24) is 14.8 Å². The molecule has 0 saturated carbocycles. The molecular formula is C23H28N4O2S. The minimum atomic E-state index is -0.0727. The summed E-state index contributed by atoms with van der Waals surface area (Å²) in [6.07, 6.45) is 0. The number of benzene rings is 2. The van der Waals surface area contributed by atoms with Gasteiger partial charge in [-0.25, -0.2) is 0 Å². The van der Waals surface area contributed by atoms with Gasteiger partial charge in [-0.1, -0.05) is 55.9 Å². The SMILES string of the molecule is Cc1ccc(C(C)C)c(OCc2nnc(SCC(=O)Nc3ccccc3C)n2C)c1. The van der Waals surface area contributed by atoms with Crippen LogP contribution in [-0.2, 0) is 18.4 Å². The first-order valence-electron chi connectivity index (χ1n) is 9.95. The number of aryl methyl sites for hydroxylation is 2. The summed E-state index contributed by atoms with van der Waals surface area (Å²) in [4.78, 5) is 12.3. The number of carbonyl (C=O) groups is 1. The lowest BCUT2D eigenvalue weighted by Crippen LogP contribution is -2.15. The second-order valence-electron chi connectivity index (χ2n) is 7.59. The van der Waals surface area contributed by atoms with Gasteiger partial charge in [0.05, 0.1) is 5.75 Å². The van der Waals surface area contributed by atoms with Crippen molar-refractivity contribution in [3.8, 4) is 5.75 Å². The quantitative estimate of drug-likeness (QED) is 0.523. The number of anilines is 1. The summed E-state index contributed by atoms with van der Waals surface area (Å²) in [6.45, 7) is 8.64. The molecule has 2 aromatic carbocycles. The van der Waals surface area contributed by atoms with E-state index in [0.717, 1.165) is 22.6 Å². The van der Waals surface area contributed by atoms with Gasteiger partial charge in [0.1, 0.15) is 12.4 Å². The largest absolute Gasteiger partial charge is 0.485 e. The molecule has 0 spiro atoms. The summed E-state index contributed by atoms with van der Waals surface area (Å²) in [6, 6.07) is 14.0. The van der Waals surface area contributed by atoms with Gasteiger partial charge in [-0.3, -0.25) is 4.79 Å². The molecule has 0 aliphatic rings. The molecule has 0 unspecified atom stereocenters. The van der Waals surface area contributed by atoms with Crippen LogP contribution in [0.4, 0.5) is 5.69 Å². The highest BCUT2D eigenvalue weighted by atomic mass is 32.2. The number of aromatic nitrogens is 3. The normalized spacial score (nSPS) is 11.0. The zero-order valence-electron chi connectivity index (χ0n) is 18.1. The van der Waals surface area contributed by atoms with Crippen LogP contribution in [0.25, 0.3) is 0 Å². The van der Waals surface area contributed by atoms with E-state index < -0.39 is 0 Å². The fourth-order valence-corrected chi connectivity index (χ4v) is 3.74. The molecule has 1 aromatic heterocycles. The maximum absolute atomic E-state index is 12.3. The summed E-state index contributed by atoms with van der Waals surface area (Å²) in [5.74, 6) is 2.15. The highest BCUT2D eigenvalue weighted by molar-refractivity contribution is 7.99. The highest BCUT2D eigenvalue weighted by Crippen LogP contribution is 2.28. The zero-order chi connectivity index (χ0) is 21.7. The van der Waals surface area contributed by atoms with E-state index in [1.54, 1.807) is 0 Å². The van der Waals surface area contributed by atoms with Crippen LogP contribution in [-0.4, -0.2) is 26.4 Å². The second kappa shape index (κ2) is 9.80. The predicted octanol–water partition coefficient (Wildman–Crippen LogP) is 4.87. The van der Waals surface area contributed by atoms with Crippen molar-refractivity contribution in [1.29, 1.82) is 0 Å². The second-order valence-corrected chi connectivity index (χ2v) is 8.54. The molecule has 3 aromatic rings. The van der Waals surface area contributed by atoms with E-state index in [0.29, 0.717) is 23.5 Å². The third-order valence-corrected chi connectivity index (χ3v) is 5.84. The molecule has 0 fully saturated rings. The summed E-state index contributed by atoms with van der Waals surface area (Å²) >= 11 is 1.36. The number of nitrogens with zero attached hydrogens (tertiary/aromatic N) is 3. The number of rotatable bonds is 8. The lowest BCUT2D eigenvalue weighted by Gasteiger charge is -2.14. The monoisotopic (exact) mass is 424 g/mol. The first-order chi connectivity index (χ1) is 14.3. The molecular weight excluding hydrogens is 396 g/mol. The van der Waals surface area contributed by atoms with Crippen molar-refractivity contribution < 1.29 is 9.53 Å². The van der Waals surface area contributed by atoms with E-state index in [4.69, 9.17) is 4.74 Å². The molecule has 0 saturated heterocycles. The Labute approximate surface area is 182 Å². The molecule has 0 aliphatic heterocycles. The van der Waals surface area contributed by atoms with Crippen LogP contribution in [0.5, 0.6) is 5.75 Å². The van der Waals surface area contributed by atoms with Crippen molar-refractivity contribution >= 4 is 23.4 Å². The predicted molar refractivity (Wildman–Crippen MR) is 121 cm³/mol. The Balaban J connectivity index is 1.59. The maximum atomic E-state index is 12.3. The molecule has 158 valence electrons. The van der Waals surface area contributed by atoms with Gasteiger partial charge in [0.15, 0.2) is 11.0 Å². The summed E-state index contributed by atoms with van der Waals surface area (Å²) in [5.41, 5.74) is 4.19. The molecule has 1 heterocycles. The Morgan fingerprint density at radius 1 is 1.17 bits per heavy atom. The maximum Gasteiger partial charge on any atom is 0.234 e. The van der Waals surface area contributed by atoms with Gasteiger partial charge < -0.3 is 14.6 Å². The number of thioether (sulfide) groups is 1. The van der Waals surface area contributed by atoms with Gasteiger partial charge in [0.25, 0.3) is 0 Å². The smallest absolute Gasteiger partial charge is 0.234 e. The van der Waals surface area contributed by atoms with E-state index in [9.17, 15) is 4.79 Å². The zero-order valence-corrected chi connectivity index (χ0v) is 18.9. The Morgan fingerprint density at radius 2 is 1.93 bits per heavy atom. The van der Waals surface area contributed by atoms with E-state index in [2.05, 4.69) is 54.5 Å². The van der Waals surface area contributed by atoms with Crippen LogP contribution in [0.2, 0.25) is 0 Å². The third-order valence-electron chi connectivity index (χ3n) is 4.82. The number of ether oxygens (including phenoxy) is 1. The minimum Gasteiger partial charge on any atom is -0.485 e. The fourth-order valence-electron chi connectivity index (χ4n) is 3.01. The molecule has 7 heteroatoms. The van der Waals surface area contributed by atoms with Crippen LogP contribution in [0.3, 0.4) is 0 Å². The first-order valence-corrected chi connectivity index (χ1v) is 10.9. The van der Waals surface area contributed by atoms with E-state index in [1.807, 2.05) is 42.8 Å². The van der Waals surface area contributed by atoms with Gasteiger partial charge in [0.2, 0.25) is 5.91 Å². The first kappa shape index (κ1) is 21.9. The van der Waals surface area contributed by atoms with Crippen LogP contribution in [0.1, 0.15) is 42.3 Å². The molecule has 1 N–H and O–H groups in total.